The molecule has 0 N–H and O–H groups in total. The quantitative estimate of drug-likeness (QED) is 0.131. The molecule has 0 radical (unpaired) electrons. The highest BCUT2D eigenvalue weighted by molar-refractivity contribution is 6.91. The topological polar surface area (TPSA) is 18.5 Å². The first kappa shape index (κ1) is 33.9. The maximum Gasteiger partial charge on any atom is 0.135 e. The van der Waals surface area contributed by atoms with Gasteiger partial charge in [-0.05, 0) is 101 Å². The highest BCUT2D eigenvalue weighted by Crippen LogP contribution is 2.52. The van der Waals surface area contributed by atoms with Crippen LogP contribution in [0.4, 0.5) is 0 Å². The van der Waals surface area contributed by atoms with Crippen molar-refractivity contribution in [2.75, 3.05) is 0 Å². The van der Waals surface area contributed by atoms with Crippen LogP contribution in [0.25, 0.3) is 98.4 Å². The number of fused-ring (bicyclic) bond motifs is 4. The molecule has 4 heteroatoms. The van der Waals surface area contributed by atoms with Gasteiger partial charge in [0.1, 0.15) is 23.0 Å². The molecule has 12 rings (SSSR count). The molecule has 0 aromatic heterocycles. The van der Waals surface area contributed by atoms with Crippen molar-refractivity contribution >= 4 is 80.4 Å². The largest absolute Gasteiger partial charge is 0.456 e. The summed E-state index contributed by atoms with van der Waals surface area (Å²) in [6.07, 6.45) is 0. The van der Waals surface area contributed by atoms with Crippen LogP contribution >= 0.6 is 0 Å². The molecule has 0 amide bonds. The van der Waals surface area contributed by atoms with Crippen LogP contribution in [0, 0.1) is 0 Å². The van der Waals surface area contributed by atoms with E-state index in [1.165, 1.54) is 97.6 Å². The maximum atomic E-state index is 6.57. The fourth-order valence-corrected chi connectivity index (χ4v) is 13.5. The number of para-hydroxylation sites is 2. The summed E-state index contributed by atoms with van der Waals surface area (Å²) in [5, 5.41) is 16.1. The molecular weight excluding hydrogens is 737 g/mol. The molecule has 0 saturated carbocycles. The third-order valence-corrected chi connectivity index (χ3v) is 17.0. The van der Waals surface area contributed by atoms with Gasteiger partial charge in [-0.2, -0.15) is 0 Å². The lowest BCUT2D eigenvalue weighted by Gasteiger charge is -2.28. The Labute approximate surface area is 340 Å². The van der Waals surface area contributed by atoms with Crippen molar-refractivity contribution in [2.45, 2.75) is 39.3 Å². The maximum absolute atomic E-state index is 6.57. The van der Waals surface area contributed by atoms with Crippen molar-refractivity contribution in [2.24, 2.45) is 0 Å². The Balaban J connectivity index is 1.20. The molecular formula is C54H42O2Si2. The summed E-state index contributed by atoms with van der Waals surface area (Å²) >= 11 is 0. The molecule has 0 spiro atoms. The van der Waals surface area contributed by atoms with Crippen LogP contribution in [0.15, 0.2) is 146 Å². The van der Waals surface area contributed by atoms with Crippen molar-refractivity contribution in [3.8, 4) is 67.5 Å². The van der Waals surface area contributed by atoms with Crippen molar-refractivity contribution in [3.63, 3.8) is 0 Å². The number of hydrogen-bond acceptors (Lipinski definition) is 2. The van der Waals surface area contributed by atoms with E-state index in [2.05, 4.69) is 185 Å². The van der Waals surface area contributed by atoms with E-state index < -0.39 is 16.1 Å². The average molecular weight is 779 g/mol. The van der Waals surface area contributed by atoms with E-state index in [0.717, 1.165) is 34.1 Å². The third kappa shape index (κ3) is 4.64. The van der Waals surface area contributed by atoms with E-state index in [0.29, 0.717) is 0 Å². The zero-order valence-corrected chi connectivity index (χ0v) is 35.7. The molecule has 0 saturated heterocycles. The lowest BCUT2D eigenvalue weighted by atomic mass is 9.84. The van der Waals surface area contributed by atoms with E-state index in [1.54, 1.807) is 0 Å². The van der Waals surface area contributed by atoms with Gasteiger partial charge in [0, 0.05) is 21.9 Å². The Morgan fingerprint density at radius 3 is 1.19 bits per heavy atom. The number of hydrogen-bond donors (Lipinski definition) is 0. The van der Waals surface area contributed by atoms with Crippen molar-refractivity contribution < 1.29 is 9.47 Å². The second kappa shape index (κ2) is 11.7. The molecule has 0 aliphatic carbocycles. The molecule has 0 bridgehead atoms. The zero-order valence-electron chi connectivity index (χ0n) is 33.7. The normalized spacial score (nSPS) is 13.3. The van der Waals surface area contributed by atoms with Crippen LogP contribution in [0.5, 0.6) is 23.0 Å². The number of benzene rings is 10. The van der Waals surface area contributed by atoms with Gasteiger partial charge in [-0.25, -0.2) is 0 Å². The standard InChI is InChI=1S/C54H42O2Si2/c1-57(2,3)49-29-43(31-21-22-38-34-14-8-10-19-46(34)55-47-20-12-17-36(31)52(38)47)39-23-25-42-50(58(4,5)6)30-44(40-24-26-41(49)53(39)54(40)42)32-27-28-48-51-35(32)15-11-16-37(51)33-13-7-9-18-45(33)56-48/h7-30H,1-6H3. The summed E-state index contributed by atoms with van der Waals surface area (Å²) in [6.45, 7) is 15.0. The lowest BCUT2D eigenvalue weighted by Crippen LogP contribution is -2.39. The monoisotopic (exact) mass is 778 g/mol. The summed E-state index contributed by atoms with van der Waals surface area (Å²) in [6, 6.07) is 54.3. The van der Waals surface area contributed by atoms with Gasteiger partial charge >= 0.3 is 0 Å². The average Bonchev–Trinajstić information content (AvgIpc) is 3.22. The van der Waals surface area contributed by atoms with Gasteiger partial charge in [0.15, 0.2) is 0 Å². The second-order valence-corrected chi connectivity index (χ2v) is 28.5. The summed E-state index contributed by atoms with van der Waals surface area (Å²) in [5.41, 5.74) is 9.90. The Hall–Kier alpha value is -6.21. The molecule has 2 aliphatic heterocycles. The minimum absolute atomic E-state index is 0.918. The van der Waals surface area contributed by atoms with E-state index in [1.807, 2.05) is 0 Å². The zero-order chi connectivity index (χ0) is 39.2. The SMILES string of the molecule is C[Si](C)(C)c1cc(-c2ccc3c4c(cccc24)-c2ccccc2O3)c2ccc3c([Si](C)(C)C)cc(-c4ccc5c6c(cccc46)Oc4ccccc4-5)c4ccc1c2c43. The lowest BCUT2D eigenvalue weighted by molar-refractivity contribution is 0.487. The molecule has 10 aromatic rings. The predicted molar refractivity (Wildman–Crippen MR) is 253 cm³/mol. The van der Waals surface area contributed by atoms with Crippen molar-refractivity contribution in [3.05, 3.63) is 146 Å². The first-order valence-electron chi connectivity index (χ1n) is 20.5. The number of rotatable bonds is 4. The molecule has 0 atom stereocenters. The van der Waals surface area contributed by atoms with E-state index >= 15 is 0 Å². The molecule has 2 heterocycles. The van der Waals surface area contributed by atoms with Crippen LogP contribution in [0.3, 0.4) is 0 Å². The fourth-order valence-electron chi connectivity index (χ4n) is 10.3. The molecule has 2 nitrogen and oxygen atoms in total. The van der Waals surface area contributed by atoms with Gasteiger partial charge in [0.2, 0.25) is 0 Å². The highest BCUT2D eigenvalue weighted by atomic mass is 28.3. The minimum Gasteiger partial charge on any atom is -0.456 e. The Bertz CT molecular complexity index is 3240. The molecule has 2 aliphatic rings. The molecule has 0 unspecified atom stereocenters. The summed E-state index contributed by atoms with van der Waals surface area (Å²) in [7, 11) is -3.71. The van der Waals surface area contributed by atoms with Gasteiger partial charge in [-0.15, -0.1) is 0 Å². The van der Waals surface area contributed by atoms with E-state index in [-0.39, 0.29) is 0 Å². The van der Waals surface area contributed by atoms with Gasteiger partial charge < -0.3 is 9.47 Å². The third-order valence-electron chi connectivity index (χ3n) is 12.9. The fraction of sp³-hybridized carbons (Fsp3) is 0.111. The van der Waals surface area contributed by atoms with E-state index in [4.69, 9.17) is 9.47 Å². The van der Waals surface area contributed by atoms with Crippen LogP contribution in [0.2, 0.25) is 39.3 Å². The van der Waals surface area contributed by atoms with E-state index in [9.17, 15) is 0 Å². The first-order valence-corrected chi connectivity index (χ1v) is 27.5. The van der Waals surface area contributed by atoms with Crippen LogP contribution in [-0.2, 0) is 0 Å². The van der Waals surface area contributed by atoms with Gasteiger partial charge in [-0.1, -0.05) is 171 Å². The Morgan fingerprint density at radius 1 is 0.276 bits per heavy atom. The first-order chi connectivity index (χ1) is 28.0. The highest BCUT2D eigenvalue weighted by Gasteiger charge is 2.30. The minimum atomic E-state index is -1.86. The Kier molecular flexibility index (Phi) is 6.83. The molecule has 10 aromatic carbocycles. The van der Waals surface area contributed by atoms with Gasteiger partial charge in [0.25, 0.3) is 0 Å². The Morgan fingerprint density at radius 2 is 0.655 bits per heavy atom. The smallest absolute Gasteiger partial charge is 0.135 e. The molecule has 58 heavy (non-hydrogen) atoms. The summed E-state index contributed by atoms with van der Waals surface area (Å²) < 4.78 is 13.1. The van der Waals surface area contributed by atoms with Gasteiger partial charge in [-0.3, -0.25) is 0 Å². The van der Waals surface area contributed by atoms with Crippen molar-refractivity contribution in [1.29, 1.82) is 0 Å². The summed E-state index contributed by atoms with van der Waals surface area (Å²) in [4.78, 5) is 0. The summed E-state index contributed by atoms with van der Waals surface area (Å²) in [5.74, 6) is 3.69. The van der Waals surface area contributed by atoms with Crippen LogP contribution < -0.4 is 19.8 Å². The molecule has 0 fully saturated rings. The van der Waals surface area contributed by atoms with Crippen LogP contribution in [0.1, 0.15) is 0 Å². The molecule has 278 valence electrons. The van der Waals surface area contributed by atoms with Crippen molar-refractivity contribution in [1.82, 2.24) is 0 Å². The van der Waals surface area contributed by atoms with Gasteiger partial charge in [0.05, 0.1) is 16.1 Å². The predicted octanol–water partition coefficient (Wildman–Crippen LogP) is 14.9. The number of ether oxygens (including phenoxy) is 2. The van der Waals surface area contributed by atoms with Crippen LogP contribution in [-0.4, -0.2) is 16.1 Å². The second-order valence-electron chi connectivity index (χ2n) is 18.4.